The summed E-state index contributed by atoms with van der Waals surface area (Å²) in [6.45, 7) is 2.50. The fraction of sp³-hybridized carbons (Fsp3) is 0.160. The van der Waals surface area contributed by atoms with Crippen LogP contribution in [-0.4, -0.2) is 46.2 Å². The highest BCUT2D eigenvalue weighted by atomic mass is 16.1. The Hall–Kier alpha value is -4.53. The zero-order valence-corrected chi connectivity index (χ0v) is 18.6. The number of ketones is 1. The standard InChI is InChI=1S/C25H22N8O/c1-2-8-22-27-25(23(34)17-9-4-3-5-10-17)30-33(22)16-19-14-13-18(15-26-19)20-11-6-7-12-21(20)24-28-31-32-29-24/h3-7,9-15H,2,8,16H2,1H3,(H,28,29,31,32). The molecule has 0 spiro atoms. The molecule has 0 aliphatic heterocycles. The van der Waals surface area contributed by atoms with Crippen molar-refractivity contribution in [2.45, 2.75) is 26.3 Å². The molecule has 0 aliphatic rings. The third-order valence-corrected chi connectivity index (χ3v) is 5.44. The van der Waals surface area contributed by atoms with Gasteiger partial charge in [0.15, 0.2) is 5.82 Å². The zero-order valence-electron chi connectivity index (χ0n) is 18.6. The van der Waals surface area contributed by atoms with Crippen LogP contribution in [0.1, 0.15) is 41.0 Å². The quantitative estimate of drug-likeness (QED) is 0.358. The third-order valence-electron chi connectivity index (χ3n) is 5.44. The van der Waals surface area contributed by atoms with E-state index in [9.17, 15) is 4.79 Å². The normalized spacial score (nSPS) is 11.0. The van der Waals surface area contributed by atoms with Gasteiger partial charge in [0.05, 0.1) is 12.2 Å². The Labute approximate surface area is 195 Å². The number of hydrogen-bond donors (Lipinski definition) is 1. The van der Waals surface area contributed by atoms with Crippen LogP contribution < -0.4 is 0 Å². The molecule has 0 atom stereocenters. The Morgan fingerprint density at radius 1 is 0.971 bits per heavy atom. The van der Waals surface area contributed by atoms with E-state index in [2.05, 4.69) is 42.6 Å². The first kappa shape index (κ1) is 21.3. The van der Waals surface area contributed by atoms with E-state index in [1.54, 1.807) is 16.8 Å². The van der Waals surface area contributed by atoms with Gasteiger partial charge in [-0.3, -0.25) is 9.78 Å². The number of aromatic nitrogens is 8. The molecule has 2 aromatic carbocycles. The van der Waals surface area contributed by atoms with Gasteiger partial charge in [0.2, 0.25) is 11.6 Å². The minimum Gasteiger partial charge on any atom is -0.285 e. The molecular formula is C25H22N8O. The number of hydrogen-bond acceptors (Lipinski definition) is 7. The van der Waals surface area contributed by atoms with Crippen LogP contribution in [0.25, 0.3) is 22.5 Å². The molecule has 3 heterocycles. The van der Waals surface area contributed by atoms with Crippen molar-refractivity contribution in [2.24, 2.45) is 0 Å². The molecule has 9 nitrogen and oxygen atoms in total. The number of tetrazole rings is 1. The smallest absolute Gasteiger partial charge is 0.232 e. The predicted octanol–water partition coefficient (Wildman–Crippen LogP) is 3.75. The van der Waals surface area contributed by atoms with Gasteiger partial charge in [0.1, 0.15) is 5.82 Å². The molecule has 0 unspecified atom stereocenters. The van der Waals surface area contributed by atoms with Crippen molar-refractivity contribution in [3.8, 4) is 22.5 Å². The number of nitrogens with one attached hydrogen (secondary N) is 1. The highest BCUT2D eigenvalue weighted by Crippen LogP contribution is 2.29. The highest BCUT2D eigenvalue weighted by molar-refractivity contribution is 6.06. The molecule has 3 aromatic heterocycles. The Morgan fingerprint density at radius 3 is 2.47 bits per heavy atom. The van der Waals surface area contributed by atoms with Crippen LogP contribution in [0.15, 0.2) is 72.9 Å². The topological polar surface area (TPSA) is 115 Å². The summed E-state index contributed by atoms with van der Waals surface area (Å²) in [6, 6.07) is 20.9. The summed E-state index contributed by atoms with van der Waals surface area (Å²) in [5.41, 5.74) is 4.22. The Morgan fingerprint density at radius 2 is 1.76 bits per heavy atom. The van der Waals surface area contributed by atoms with Gasteiger partial charge in [-0.1, -0.05) is 67.6 Å². The molecule has 0 fully saturated rings. The fourth-order valence-corrected chi connectivity index (χ4v) is 3.77. The number of carbonyl (C=O) groups is 1. The summed E-state index contributed by atoms with van der Waals surface area (Å²) in [6.07, 6.45) is 3.45. The van der Waals surface area contributed by atoms with E-state index in [0.717, 1.165) is 41.1 Å². The molecule has 0 saturated carbocycles. The lowest BCUT2D eigenvalue weighted by Crippen LogP contribution is -2.09. The number of pyridine rings is 1. The number of benzene rings is 2. The molecule has 0 amide bonds. The lowest BCUT2D eigenvalue weighted by atomic mass is 10.0. The second-order valence-corrected chi connectivity index (χ2v) is 7.79. The second kappa shape index (κ2) is 9.53. The molecule has 1 N–H and O–H groups in total. The second-order valence-electron chi connectivity index (χ2n) is 7.79. The van der Waals surface area contributed by atoms with Gasteiger partial charge in [0, 0.05) is 29.3 Å². The van der Waals surface area contributed by atoms with Crippen LogP contribution in [0.4, 0.5) is 0 Å². The van der Waals surface area contributed by atoms with Gasteiger partial charge in [-0.15, -0.1) is 10.2 Å². The molecule has 5 rings (SSSR count). The van der Waals surface area contributed by atoms with Gasteiger partial charge >= 0.3 is 0 Å². The molecule has 0 radical (unpaired) electrons. The maximum absolute atomic E-state index is 12.8. The molecule has 168 valence electrons. The van der Waals surface area contributed by atoms with Crippen molar-refractivity contribution in [1.29, 1.82) is 0 Å². The molecule has 5 aromatic rings. The predicted molar refractivity (Wildman–Crippen MR) is 126 cm³/mol. The summed E-state index contributed by atoms with van der Waals surface area (Å²) in [4.78, 5) is 22.0. The number of carbonyl (C=O) groups excluding carboxylic acids is 1. The average molecular weight is 451 g/mol. The van der Waals surface area contributed by atoms with Gasteiger partial charge in [-0.2, -0.15) is 0 Å². The SMILES string of the molecule is CCCc1nc(C(=O)c2ccccc2)nn1Cc1ccc(-c2ccccc2-c2nnn[nH]2)cn1. The number of H-pyrrole nitrogens is 1. The monoisotopic (exact) mass is 450 g/mol. The minimum absolute atomic E-state index is 0.182. The first-order valence-corrected chi connectivity index (χ1v) is 11.0. The van der Waals surface area contributed by atoms with Gasteiger partial charge in [0.25, 0.3) is 0 Å². The van der Waals surface area contributed by atoms with Crippen molar-refractivity contribution in [1.82, 2.24) is 40.4 Å². The van der Waals surface area contributed by atoms with Crippen LogP contribution in [0, 0.1) is 0 Å². The summed E-state index contributed by atoms with van der Waals surface area (Å²) in [5, 5.41) is 18.7. The van der Waals surface area contributed by atoms with E-state index in [1.807, 2.05) is 60.8 Å². The summed E-state index contributed by atoms with van der Waals surface area (Å²) >= 11 is 0. The average Bonchev–Trinajstić information content (AvgIpc) is 3.56. The largest absolute Gasteiger partial charge is 0.285 e. The van der Waals surface area contributed by atoms with Crippen LogP contribution in [0.5, 0.6) is 0 Å². The van der Waals surface area contributed by atoms with E-state index >= 15 is 0 Å². The molecule has 0 aliphatic carbocycles. The zero-order chi connectivity index (χ0) is 23.3. The number of rotatable bonds is 8. The van der Waals surface area contributed by atoms with Crippen molar-refractivity contribution < 1.29 is 4.79 Å². The van der Waals surface area contributed by atoms with Crippen molar-refractivity contribution in [3.63, 3.8) is 0 Å². The highest BCUT2D eigenvalue weighted by Gasteiger charge is 2.18. The molecular weight excluding hydrogens is 428 g/mol. The maximum Gasteiger partial charge on any atom is 0.232 e. The van der Waals surface area contributed by atoms with Crippen LogP contribution in [0.2, 0.25) is 0 Å². The van der Waals surface area contributed by atoms with Crippen LogP contribution in [-0.2, 0) is 13.0 Å². The van der Waals surface area contributed by atoms with E-state index < -0.39 is 0 Å². The van der Waals surface area contributed by atoms with Crippen LogP contribution in [0.3, 0.4) is 0 Å². The Bertz CT molecular complexity index is 1390. The lowest BCUT2D eigenvalue weighted by Gasteiger charge is -2.08. The Balaban J connectivity index is 1.41. The molecule has 0 bridgehead atoms. The lowest BCUT2D eigenvalue weighted by molar-refractivity contribution is 0.102. The van der Waals surface area contributed by atoms with Crippen LogP contribution >= 0.6 is 0 Å². The molecule has 0 saturated heterocycles. The number of nitrogens with zero attached hydrogens (tertiary/aromatic N) is 7. The molecule has 9 heteroatoms. The first-order valence-electron chi connectivity index (χ1n) is 11.0. The fourth-order valence-electron chi connectivity index (χ4n) is 3.77. The van der Waals surface area contributed by atoms with E-state index in [1.165, 1.54) is 0 Å². The van der Waals surface area contributed by atoms with E-state index in [4.69, 9.17) is 0 Å². The van der Waals surface area contributed by atoms with E-state index in [-0.39, 0.29) is 11.6 Å². The summed E-state index contributed by atoms with van der Waals surface area (Å²) in [5.74, 6) is 1.40. The summed E-state index contributed by atoms with van der Waals surface area (Å²) in [7, 11) is 0. The number of aryl methyl sites for hydroxylation is 1. The van der Waals surface area contributed by atoms with Gasteiger partial charge in [-0.25, -0.2) is 14.8 Å². The van der Waals surface area contributed by atoms with Crippen molar-refractivity contribution in [2.75, 3.05) is 0 Å². The Kier molecular flexibility index (Phi) is 5.98. The number of aromatic amines is 1. The van der Waals surface area contributed by atoms with Crippen molar-refractivity contribution in [3.05, 3.63) is 95.8 Å². The van der Waals surface area contributed by atoms with Crippen molar-refractivity contribution >= 4 is 5.78 Å². The van der Waals surface area contributed by atoms with E-state index in [0.29, 0.717) is 17.9 Å². The first-order chi connectivity index (χ1) is 16.7. The minimum atomic E-state index is -0.182. The summed E-state index contributed by atoms with van der Waals surface area (Å²) < 4.78 is 1.77. The van der Waals surface area contributed by atoms with Gasteiger partial charge < -0.3 is 0 Å². The van der Waals surface area contributed by atoms with Gasteiger partial charge in [-0.05, 0) is 28.5 Å². The molecule has 34 heavy (non-hydrogen) atoms. The third kappa shape index (κ3) is 4.36. The maximum atomic E-state index is 12.8.